The summed E-state index contributed by atoms with van der Waals surface area (Å²) in [4.78, 5) is 27.9. The summed E-state index contributed by atoms with van der Waals surface area (Å²) in [6.45, 7) is 6.20. The van der Waals surface area contributed by atoms with Crippen LogP contribution in [-0.4, -0.2) is 43.8 Å². The highest BCUT2D eigenvalue weighted by atomic mass is 35.5. The molecule has 0 aliphatic heterocycles. The van der Waals surface area contributed by atoms with E-state index in [0.717, 1.165) is 34.1 Å². The highest BCUT2D eigenvalue weighted by Gasteiger charge is 2.33. The van der Waals surface area contributed by atoms with Gasteiger partial charge in [-0.15, -0.1) is 0 Å². The molecule has 0 bridgehead atoms. The predicted molar refractivity (Wildman–Crippen MR) is 152 cm³/mol. The van der Waals surface area contributed by atoms with Crippen LogP contribution in [0.4, 0.5) is 10.1 Å². The number of rotatable bonds is 10. The van der Waals surface area contributed by atoms with Crippen LogP contribution in [0, 0.1) is 12.7 Å². The molecule has 3 aromatic rings. The van der Waals surface area contributed by atoms with E-state index in [9.17, 15) is 22.4 Å². The van der Waals surface area contributed by atoms with Crippen LogP contribution in [0.15, 0.2) is 71.6 Å². The van der Waals surface area contributed by atoms with E-state index in [2.05, 4.69) is 5.32 Å². The lowest BCUT2D eigenvalue weighted by Gasteiger charge is -2.32. The third-order valence-corrected chi connectivity index (χ3v) is 8.49. The number of nitrogens with zero attached hydrogens (tertiary/aromatic N) is 2. The first-order chi connectivity index (χ1) is 18.3. The minimum atomic E-state index is -4.30. The second-order valence-corrected chi connectivity index (χ2v) is 12.0. The lowest BCUT2D eigenvalue weighted by Crippen LogP contribution is -2.52. The Morgan fingerprint density at radius 1 is 0.923 bits per heavy atom. The van der Waals surface area contributed by atoms with Gasteiger partial charge in [-0.25, -0.2) is 12.8 Å². The van der Waals surface area contributed by atoms with Crippen molar-refractivity contribution in [1.29, 1.82) is 0 Å². The number of hydrogen-bond acceptors (Lipinski definition) is 4. The zero-order valence-electron chi connectivity index (χ0n) is 22.0. The van der Waals surface area contributed by atoms with Crippen LogP contribution in [0.5, 0.6) is 0 Å². The Kier molecular flexibility index (Phi) is 9.98. The maximum atomic E-state index is 13.9. The highest BCUT2D eigenvalue weighted by molar-refractivity contribution is 7.92. The smallest absolute Gasteiger partial charge is 0.264 e. The molecule has 0 aromatic heterocycles. The molecule has 0 spiro atoms. The second kappa shape index (κ2) is 12.8. The van der Waals surface area contributed by atoms with Crippen molar-refractivity contribution in [2.24, 2.45) is 0 Å². The number of amides is 2. The molecule has 0 saturated carbocycles. The predicted octanol–water partition coefficient (Wildman–Crippen LogP) is 5.58. The molecule has 7 nitrogen and oxygen atoms in total. The van der Waals surface area contributed by atoms with Gasteiger partial charge in [-0.1, -0.05) is 47.0 Å². The summed E-state index contributed by atoms with van der Waals surface area (Å²) in [5.74, 6) is -1.69. The fraction of sp³-hybridized carbons (Fsp3) is 0.286. The molecule has 0 unspecified atom stereocenters. The molecule has 3 rings (SSSR count). The number of halogens is 3. The quantitative estimate of drug-likeness (QED) is 0.332. The van der Waals surface area contributed by atoms with Crippen LogP contribution in [-0.2, 0) is 26.2 Å². The van der Waals surface area contributed by atoms with Gasteiger partial charge in [0.15, 0.2) is 0 Å². The Morgan fingerprint density at radius 2 is 1.49 bits per heavy atom. The number of hydrogen-bond donors (Lipinski definition) is 1. The SMILES string of the molecule is Cc1ccc(N(CC(=O)N(Cc2c(Cl)cccc2Cl)[C@H](C)C(=O)NC(C)C)S(=O)(=O)c2ccc(F)cc2)cc1. The number of carbonyl (C=O) groups excluding carboxylic acids is 2. The Morgan fingerprint density at radius 3 is 2.03 bits per heavy atom. The van der Waals surface area contributed by atoms with Crippen LogP contribution >= 0.6 is 23.2 Å². The molecule has 39 heavy (non-hydrogen) atoms. The number of sulfonamides is 1. The molecule has 1 N–H and O–H groups in total. The number of anilines is 1. The fourth-order valence-corrected chi connectivity index (χ4v) is 5.75. The van der Waals surface area contributed by atoms with E-state index in [1.807, 2.05) is 6.92 Å². The first-order valence-corrected chi connectivity index (χ1v) is 14.4. The van der Waals surface area contributed by atoms with Crippen LogP contribution < -0.4 is 9.62 Å². The van der Waals surface area contributed by atoms with Crippen LogP contribution in [0.3, 0.4) is 0 Å². The summed E-state index contributed by atoms with van der Waals surface area (Å²) in [7, 11) is -4.30. The number of aryl methyl sites for hydroxylation is 1. The summed E-state index contributed by atoms with van der Waals surface area (Å²) >= 11 is 12.7. The van der Waals surface area contributed by atoms with Gasteiger partial charge >= 0.3 is 0 Å². The van der Waals surface area contributed by atoms with Crippen molar-refractivity contribution in [3.05, 3.63) is 93.7 Å². The molecule has 2 amide bonds. The molecule has 208 valence electrons. The van der Waals surface area contributed by atoms with Gasteiger partial charge in [-0.2, -0.15) is 0 Å². The van der Waals surface area contributed by atoms with Gasteiger partial charge in [0, 0.05) is 28.2 Å². The Balaban J connectivity index is 2.06. The molecular formula is C28H30Cl2FN3O4S. The first-order valence-electron chi connectivity index (χ1n) is 12.2. The number of nitrogens with one attached hydrogen (secondary N) is 1. The first kappa shape index (κ1) is 30.4. The minimum absolute atomic E-state index is 0.137. The maximum absolute atomic E-state index is 13.9. The Bertz CT molecular complexity index is 1410. The lowest BCUT2D eigenvalue weighted by atomic mass is 10.1. The summed E-state index contributed by atoms with van der Waals surface area (Å²) < 4.78 is 41.9. The molecule has 0 saturated heterocycles. The van der Waals surface area contributed by atoms with Crippen LogP contribution in [0.25, 0.3) is 0 Å². The van der Waals surface area contributed by atoms with Gasteiger partial charge in [0.1, 0.15) is 18.4 Å². The zero-order chi connectivity index (χ0) is 28.9. The number of carbonyl (C=O) groups is 2. The zero-order valence-corrected chi connectivity index (χ0v) is 24.3. The summed E-state index contributed by atoms with van der Waals surface area (Å²) in [6, 6.07) is 14.6. The van der Waals surface area contributed by atoms with Gasteiger partial charge in [-0.05, 0) is 76.2 Å². The second-order valence-electron chi connectivity index (χ2n) is 9.36. The van der Waals surface area contributed by atoms with E-state index in [4.69, 9.17) is 23.2 Å². The topological polar surface area (TPSA) is 86.8 Å². The molecule has 0 aliphatic carbocycles. The summed E-state index contributed by atoms with van der Waals surface area (Å²) in [5.41, 5.74) is 1.54. The van der Waals surface area contributed by atoms with Crippen molar-refractivity contribution in [3.8, 4) is 0 Å². The van der Waals surface area contributed by atoms with Gasteiger partial charge in [0.05, 0.1) is 10.6 Å². The molecular weight excluding hydrogens is 564 g/mol. The van der Waals surface area contributed by atoms with E-state index < -0.39 is 40.2 Å². The van der Waals surface area contributed by atoms with Crippen molar-refractivity contribution in [1.82, 2.24) is 10.2 Å². The highest BCUT2D eigenvalue weighted by Crippen LogP contribution is 2.28. The molecule has 0 heterocycles. The third-order valence-electron chi connectivity index (χ3n) is 5.99. The molecule has 1 atom stereocenters. The minimum Gasteiger partial charge on any atom is -0.352 e. The van der Waals surface area contributed by atoms with Crippen molar-refractivity contribution >= 4 is 50.7 Å². The number of benzene rings is 3. The third kappa shape index (κ3) is 7.50. The van der Waals surface area contributed by atoms with Crippen molar-refractivity contribution in [2.75, 3.05) is 10.8 Å². The molecule has 0 aliphatic rings. The van der Waals surface area contributed by atoms with Gasteiger partial charge in [0.25, 0.3) is 10.0 Å². The van der Waals surface area contributed by atoms with Gasteiger partial charge in [0.2, 0.25) is 11.8 Å². The van der Waals surface area contributed by atoms with E-state index in [-0.39, 0.29) is 23.2 Å². The van der Waals surface area contributed by atoms with Gasteiger partial charge in [-0.3, -0.25) is 13.9 Å². The normalized spacial score (nSPS) is 12.2. The van der Waals surface area contributed by atoms with Crippen molar-refractivity contribution in [2.45, 2.75) is 51.2 Å². The average molecular weight is 595 g/mol. The molecule has 0 fully saturated rings. The lowest BCUT2D eigenvalue weighted by molar-refractivity contribution is -0.139. The van der Waals surface area contributed by atoms with E-state index >= 15 is 0 Å². The monoisotopic (exact) mass is 593 g/mol. The van der Waals surface area contributed by atoms with Crippen molar-refractivity contribution < 1.29 is 22.4 Å². The average Bonchev–Trinajstić information content (AvgIpc) is 2.87. The standard InChI is InChI=1S/C28H30Cl2FN3O4S/c1-18(2)32-28(36)20(4)33(16-24-25(29)6-5-7-26(24)30)27(35)17-34(22-12-8-19(3)9-13-22)39(37,38)23-14-10-21(31)11-15-23/h5-15,18,20H,16-17H2,1-4H3,(H,32,36)/t20-/m1/s1. The van der Waals surface area contributed by atoms with Gasteiger partial charge < -0.3 is 10.2 Å². The Hall–Kier alpha value is -3.14. The van der Waals surface area contributed by atoms with Crippen LogP contribution in [0.2, 0.25) is 10.0 Å². The van der Waals surface area contributed by atoms with Crippen molar-refractivity contribution in [3.63, 3.8) is 0 Å². The van der Waals surface area contributed by atoms with E-state index in [1.54, 1.807) is 63.2 Å². The summed E-state index contributed by atoms with van der Waals surface area (Å²) in [5, 5.41) is 3.37. The molecule has 11 heteroatoms. The fourth-order valence-electron chi connectivity index (χ4n) is 3.82. The Labute approximate surface area is 238 Å². The van der Waals surface area contributed by atoms with E-state index in [1.165, 1.54) is 4.90 Å². The van der Waals surface area contributed by atoms with Crippen LogP contribution in [0.1, 0.15) is 31.9 Å². The summed E-state index contributed by atoms with van der Waals surface area (Å²) in [6.07, 6.45) is 0. The molecule has 3 aromatic carbocycles. The largest absolute Gasteiger partial charge is 0.352 e. The molecule has 0 radical (unpaired) electrons. The van der Waals surface area contributed by atoms with E-state index in [0.29, 0.717) is 15.6 Å². The maximum Gasteiger partial charge on any atom is 0.264 e.